The summed E-state index contributed by atoms with van der Waals surface area (Å²) in [5, 5.41) is 9.00. The molecule has 1 amide bonds. The third kappa shape index (κ3) is 3.86. The van der Waals surface area contributed by atoms with Gasteiger partial charge in [0.15, 0.2) is 11.6 Å². The lowest BCUT2D eigenvalue weighted by Crippen LogP contribution is -2.51. The fourth-order valence-electron chi connectivity index (χ4n) is 5.04. The van der Waals surface area contributed by atoms with Crippen LogP contribution in [-0.4, -0.2) is 59.8 Å². The van der Waals surface area contributed by atoms with Crippen molar-refractivity contribution in [2.45, 2.75) is 50.5 Å². The molecule has 1 unspecified atom stereocenters. The molecule has 1 aromatic carbocycles. The summed E-state index contributed by atoms with van der Waals surface area (Å²) in [4.78, 5) is 19.8. The van der Waals surface area contributed by atoms with Crippen LogP contribution in [0, 0.1) is 5.82 Å². The van der Waals surface area contributed by atoms with Crippen LogP contribution in [0.5, 0.6) is 0 Å². The number of halogens is 1. The first-order chi connectivity index (χ1) is 15.1. The van der Waals surface area contributed by atoms with Gasteiger partial charge in [-0.15, -0.1) is 10.2 Å². The third-order valence-electron chi connectivity index (χ3n) is 7.18. The molecule has 1 aromatic heterocycles. The highest BCUT2D eigenvalue weighted by Gasteiger charge is 2.53. The molecule has 2 aliphatic heterocycles. The zero-order valence-corrected chi connectivity index (χ0v) is 18.1. The molecule has 31 heavy (non-hydrogen) atoms. The molecule has 3 heterocycles. The predicted octanol–water partition coefficient (Wildman–Crippen LogP) is 3.37. The molecule has 1 saturated carbocycles. The number of amides is 1. The van der Waals surface area contributed by atoms with Gasteiger partial charge in [-0.05, 0) is 68.9 Å². The van der Waals surface area contributed by atoms with Crippen LogP contribution in [0.4, 0.5) is 16.0 Å². The second-order valence-electron chi connectivity index (χ2n) is 9.16. The van der Waals surface area contributed by atoms with Gasteiger partial charge in [-0.3, -0.25) is 4.79 Å². The Hall–Kier alpha value is -2.70. The second kappa shape index (κ2) is 8.09. The molecule has 1 aliphatic carbocycles. The summed E-state index contributed by atoms with van der Waals surface area (Å²) in [6.45, 7) is 6.15. The summed E-state index contributed by atoms with van der Waals surface area (Å²) in [5.41, 5.74) is 0.498. The van der Waals surface area contributed by atoms with E-state index in [9.17, 15) is 9.18 Å². The number of hydrogen-bond donors (Lipinski definition) is 0. The van der Waals surface area contributed by atoms with Crippen molar-refractivity contribution in [1.82, 2.24) is 15.1 Å². The van der Waals surface area contributed by atoms with Crippen molar-refractivity contribution in [1.29, 1.82) is 0 Å². The molecule has 0 bridgehead atoms. The maximum absolute atomic E-state index is 13.3. The summed E-state index contributed by atoms with van der Waals surface area (Å²) in [5.74, 6) is 1.75. The van der Waals surface area contributed by atoms with E-state index in [0.717, 1.165) is 49.7 Å². The lowest BCUT2D eigenvalue weighted by molar-refractivity contribution is -0.134. The Morgan fingerprint density at radius 3 is 2.23 bits per heavy atom. The molecule has 7 heteroatoms. The van der Waals surface area contributed by atoms with Gasteiger partial charge in [0.1, 0.15) is 5.82 Å². The van der Waals surface area contributed by atoms with E-state index >= 15 is 0 Å². The largest absolute Gasteiger partial charge is 0.352 e. The van der Waals surface area contributed by atoms with Crippen molar-refractivity contribution in [2.75, 3.05) is 42.5 Å². The molecule has 6 nitrogen and oxygen atoms in total. The topological polar surface area (TPSA) is 52.6 Å². The monoisotopic (exact) mass is 423 g/mol. The first-order valence-electron chi connectivity index (χ1n) is 11.5. The van der Waals surface area contributed by atoms with Gasteiger partial charge < -0.3 is 14.7 Å². The number of carbonyl (C=O) groups is 1. The van der Waals surface area contributed by atoms with Crippen molar-refractivity contribution in [2.24, 2.45) is 0 Å². The van der Waals surface area contributed by atoms with Crippen LogP contribution >= 0.6 is 0 Å². The third-order valence-corrected chi connectivity index (χ3v) is 7.18. The summed E-state index contributed by atoms with van der Waals surface area (Å²) in [6, 6.07) is 11.1. The minimum Gasteiger partial charge on any atom is -0.352 e. The zero-order valence-electron chi connectivity index (χ0n) is 18.1. The van der Waals surface area contributed by atoms with E-state index in [1.54, 1.807) is 12.1 Å². The number of carbonyl (C=O) groups excluding carboxylic acids is 1. The Bertz CT molecular complexity index is 920. The molecule has 0 spiro atoms. The van der Waals surface area contributed by atoms with Crippen LogP contribution in [0.15, 0.2) is 36.4 Å². The molecule has 2 saturated heterocycles. The van der Waals surface area contributed by atoms with Gasteiger partial charge in [-0.25, -0.2) is 4.39 Å². The van der Waals surface area contributed by atoms with Gasteiger partial charge in [0.2, 0.25) is 5.91 Å². The standard InChI is InChI=1S/C24H30FN5O/c1-18-4-2-3-13-30(18)22-10-9-21(26-27-22)28-14-16-29(17-15-28)23(31)24(11-12-24)19-5-7-20(25)8-6-19/h5-10,18H,2-4,11-17H2,1H3. The molecule has 0 N–H and O–H groups in total. The van der Waals surface area contributed by atoms with Crippen LogP contribution < -0.4 is 9.80 Å². The molecule has 3 aliphatic rings. The first-order valence-corrected chi connectivity index (χ1v) is 11.5. The molecule has 1 atom stereocenters. The second-order valence-corrected chi connectivity index (χ2v) is 9.16. The molecule has 3 fully saturated rings. The number of rotatable bonds is 4. The number of piperidine rings is 1. The maximum Gasteiger partial charge on any atom is 0.233 e. The molecule has 2 aromatic rings. The van der Waals surface area contributed by atoms with Gasteiger partial charge in [-0.1, -0.05) is 12.1 Å². The van der Waals surface area contributed by atoms with Crippen molar-refractivity contribution < 1.29 is 9.18 Å². The summed E-state index contributed by atoms with van der Waals surface area (Å²) in [7, 11) is 0. The van der Waals surface area contributed by atoms with Crippen LogP contribution in [0.1, 0.15) is 44.6 Å². The van der Waals surface area contributed by atoms with Crippen LogP contribution in [0.2, 0.25) is 0 Å². The Balaban J connectivity index is 1.20. The average molecular weight is 424 g/mol. The van der Waals surface area contributed by atoms with E-state index in [0.29, 0.717) is 19.1 Å². The van der Waals surface area contributed by atoms with Crippen molar-refractivity contribution in [3.8, 4) is 0 Å². The number of piperazine rings is 1. The van der Waals surface area contributed by atoms with E-state index in [2.05, 4.69) is 39.1 Å². The van der Waals surface area contributed by atoms with Crippen LogP contribution in [0.25, 0.3) is 0 Å². The minimum absolute atomic E-state index is 0.180. The smallest absolute Gasteiger partial charge is 0.233 e. The minimum atomic E-state index is -0.442. The maximum atomic E-state index is 13.3. The van der Waals surface area contributed by atoms with Gasteiger partial charge in [-0.2, -0.15) is 0 Å². The Kier molecular flexibility index (Phi) is 5.28. The summed E-state index contributed by atoms with van der Waals surface area (Å²) >= 11 is 0. The van der Waals surface area contributed by atoms with Crippen molar-refractivity contribution in [3.05, 3.63) is 47.8 Å². The number of aromatic nitrogens is 2. The molecule has 0 radical (unpaired) electrons. The Labute approximate surface area is 183 Å². The van der Waals surface area contributed by atoms with E-state index < -0.39 is 5.41 Å². The van der Waals surface area contributed by atoms with Crippen LogP contribution in [-0.2, 0) is 10.2 Å². The van der Waals surface area contributed by atoms with Gasteiger partial charge in [0.25, 0.3) is 0 Å². The van der Waals surface area contributed by atoms with Crippen LogP contribution in [0.3, 0.4) is 0 Å². The number of nitrogens with zero attached hydrogens (tertiary/aromatic N) is 5. The fraction of sp³-hybridized carbons (Fsp3) is 0.542. The lowest BCUT2D eigenvalue weighted by Gasteiger charge is -2.37. The van der Waals surface area contributed by atoms with Gasteiger partial charge in [0, 0.05) is 38.8 Å². The molecular weight excluding hydrogens is 393 g/mol. The fourth-order valence-corrected chi connectivity index (χ4v) is 5.04. The normalized spacial score (nSPS) is 23.0. The molecule has 5 rings (SSSR count). The van der Waals surface area contributed by atoms with E-state index in [4.69, 9.17) is 0 Å². The summed E-state index contributed by atoms with van der Waals surface area (Å²) < 4.78 is 13.3. The quantitative estimate of drug-likeness (QED) is 0.755. The first kappa shape index (κ1) is 20.2. The molecule has 164 valence electrons. The highest BCUT2D eigenvalue weighted by molar-refractivity contribution is 5.91. The van der Waals surface area contributed by atoms with Gasteiger partial charge >= 0.3 is 0 Å². The lowest BCUT2D eigenvalue weighted by atomic mass is 9.94. The van der Waals surface area contributed by atoms with E-state index in [1.165, 1.54) is 31.4 Å². The number of benzene rings is 1. The predicted molar refractivity (Wildman–Crippen MR) is 119 cm³/mol. The SMILES string of the molecule is CC1CCCCN1c1ccc(N2CCN(C(=O)C3(c4ccc(F)cc4)CC3)CC2)nn1. The van der Waals surface area contributed by atoms with E-state index in [1.807, 2.05) is 4.90 Å². The van der Waals surface area contributed by atoms with Crippen molar-refractivity contribution in [3.63, 3.8) is 0 Å². The Morgan fingerprint density at radius 2 is 1.61 bits per heavy atom. The summed E-state index contributed by atoms with van der Waals surface area (Å²) in [6.07, 6.45) is 5.40. The number of hydrogen-bond acceptors (Lipinski definition) is 5. The average Bonchev–Trinajstić information content (AvgIpc) is 3.62. The Morgan fingerprint density at radius 1 is 0.935 bits per heavy atom. The number of anilines is 2. The van der Waals surface area contributed by atoms with Crippen molar-refractivity contribution >= 4 is 17.5 Å². The van der Waals surface area contributed by atoms with Gasteiger partial charge in [0.05, 0.1) is 5.41 Å². The van der Waals surface area contributed by atoms with E-state index in [-0.39, 0.29) is 11.7 Å². The zero-order chi connectivity index (χ0) is 21.4. The highest BCUT2D eigenvalue weighted by Crippen LogP contribution is 2.49. The molecular formula is C24H30FN5O. The highest BCUT2D eigenvalue weighted by atomic mass is 19.1.